The summed E-state index contributed by atoms with van der Waals surface area (Å²) < 4.78 is 0. The second-order valence-corrected chi connectivity index (χ2v) is 7.22. The zero-order chi connectivity index (χ0) is 18.8. The number of fused-ring (bicyclic) bond motifs is 1. The molecule has 1 aromatic carbocycles. The van der Waals surface area contributed by atoms with Crippen LogP contribution in [0.5, 0.6) is 0 Å². The molecule has 0 bridgehead atoms. The van der Waals surface area contributed by atoms with Crippen molar-refractivity contribution < 1.29 is 4.79 Å². The number of piperazine rings is 1. The van der Waals surface area contributed by atoms with Crippen molar-refractivity contribution >= 4 is 11.7 Å². The van der Waals surface area contributed by atoms with Crippen molar-refractivity contribution in [1.82, 2.24) is 19.8 Å². The first-order chi connectivity index (χ1) is 13.1. The van der Waals surface area contributed by atoms with Crippen molar-refractivity contribution in [1.29, 1.82) is 0 Å². The fraction of sp³-hybridized carbons (Fsp3) is 0.450. The van der Waals surface area contributed by atoms with Crippen LogP contribution in [0, 0.1) is 0 Å². The molecule has 7 nitrogen and oxygen atoms in total. The number of H-pyrrole nitrogens is 1. The lowest BCUT2D eigenvalue weighted by Gasteiger charge is -2.39. The zero-order valence-corrected chi connectivity index (χ0v) is 15.6. The van der Waals surface area contributed by atoms with E-state index in [2.05, 4.69) is 39.1 Å². The third-order valence-electron chi connectivity index (χ3n) is 5.65. The van der Waals surface area contributed by atoms with Gasteiger partial charge in [0.05, 0.1) is 6.04 Å². The van der Waals surface area contributed by atoms with Gasteiger partial charge in [-0.3, -0.25) is 14.5 Å². The Bertz CT molecular complexity index is 872. The fourth-order valence-corrected chi connectivity index (χ4v) is 3.98. The molecule has 1 fully saturated rings. The van der Waals surface area contributed by atoms with Gasteiger partial charge in [0, 0.05) is 51.7 Å². The van der Waals surface area contributed by atoms with Crippen molar-refractivity contribution in [3.05, 3.63) is 58.1 Å². The number of aromatic amines is 1. The van der Waals surface area contributed by atoms with E-state index in [9.17, 15) is 9.59 Å². The predicted octanol–water partition coefficient (Wildman–Crippen LogP) is 0.865. The van der Waals surface area contributed by atoms with Gasteiger partial charge in [0.15, 0.2) is 5.82 Å². The molecule has 0 saturated carbocycles. The van der Waals surface area contributed by atoms with Gasteiger partial charge in [-0.25, -0.2) is 4.98 Å². The Labute approximate surface area is 158 Å². The molecule has 1 amide bonds. The second kappa shape index (κ2) is 7.52. The van der Waals surface area contributed by atoms with Crippen molar-refractivity contribution in [2.24, 2.45) is 0 Å². The molecular formula is C20H25N5O2. The number of nitrogens with zero attached hydrogens (tertiary/aromatic N) is 4. The Morgan fingerprint density at radius 2 is 1.85 bits per heavy atom. The molecule has 2 aliphatic heterocycles. The molecule has 0 aliphatic carbocycles. The fourth-order valence-electron chi connectivity index (χ4n) is 3.98. The van der Waals surface area contributed by atoms with Crippen molar-refractivity contribution in [3.63, 3.8) is 0 Å². The Morgan fingerprint density at radius 1 is 1.11 bits per heavy atom. The number of aromatic nitrogens is 2. The summed E-state index contributed by atoms with van der Waals surface area (Å²) in [6, 6.07) is 8.34. The van der Waals surface area contributed by atoms with Crippen molar-refractivity contribution in [3.8, 4) is 0 Å². The van der Waals surface area contributed by atoms with Gasteiger partial charge in [0.1, 0.15) is 0 Å². The van der Waals surface area contributed by atoms with Crippen molar-refractivity contribution in [2.75, 3.05) is 37.6 Å². The van der Waals surface area contributed by atoms with Gasteiger partial charge in [0.25, 0.3) is 5.56 Å². The van der Waals surface area contributed by atoms with E-state index in [-0.39, 0.29) is 17.5 Å². The van der Waals surface area contributed by atoms with Crippen LogP contribution in [0.25, 0.3) is 0 Å². The van der Waals surface area contributed by atoms with E-state index in [1.807, 2.05) is 16.7 Å². The largest absolute Gasteiger partial charge is 0.348 e. The van der Waals surface area contributed by atoms with Crippen LogP contribution in [0.15, 0.2) is 41.5 Å². The van der Waals surface area contributed by atoms with Crippen molar-refractivity contribution in [2.45, 2.75) is 25.9 Å². The highest BCUT2D eigenvalue weighted by molar-refractivity contribution is 5.81. The molecule has 2 aromatic rings. The summed E-state index contributed by atoms with van der Waals surface area (Å²) in [4.78, 5) is 37.9. The molecule has 1 N–H and O–H groups in total. The SMILES string of the molecule is C[C@H](C(=O)N1CCN(c2ncc[nH]c2=O)CC1)N1CCc2ccccc2C1. The molecule has 3 heterocycles. The first-order valence-electron chi connectivity index (χ1n) is 9.52. The Balaban J connectivity index is 1.37. The number of hydrogen-bond acceptors (Lipinski definition) is 5. The average Bonchev–Trinajstić information content (AvgIpc) is 2.73. The van der Waals surface area contributed by atoms with Crippen LogP contribution in [-0.4, -0.2) is 64.4 Å². The first-order valence-corrected chi connectivity index (χ1v) is 9.52. The normalized spacial score (nSPS) is 18.9. The maximum atomic E-state index is 13.0. The summed E-state index contributed by atoms with van der Waals surface area (Å²) >= 11 is 0. The maximum absolute atomic E-state index is 13.0. The Kier molecular flexibility index (Phi) is 4.94. The van der Waals surface area contributed by atoms with Crippen LogP contribution in [0.3, 0.4) is 0 Å². The lowest BCUT2D eigenvalue weighted by Crippen LogP contribution is -2.55. The van der Waals surface area contributed by atoms with Gasteiger partial charge in [-0.1, -0.05) is 24.3 Å². The van der Waals surface area contributed by atoms with Gasteiger partial charge < -0.3 is 14.8 Å². The van der Waals surface area contributed by atoms with Crippen LogP contribution >= 0.6 is 0 Å². The molecule has 1 saturated heterocycles. The summed E-state index contributed by atoms with van der Waals surface area (Å²) in [6.07, 6.45) is 4.11. The molecule has 27 heavy (non-hydrogen) atoms. The minimum absolute atomic E-state index is 0.136. The number of hydrogen-bond donors (Lipinski definition) is 1. The number of rotatable bonds is 3. The average molecular weight is 367 g/mol. The van der Waals surface area contributed by atoms with E-state index in [0.717, 1.165) is 19.5 Å². The first kappa shape index (κ1) is 17.7. The molecule has 0 spiro atoms. The minimum atomic E-state index is -0.183. The maximum Gasteiger partial charge on any atom is 0.290 e. The number of amides is 1. The van der Waals surface area contributed by atoms with E-state index in [1.165, 1.54) is 17.3 Å². The molecule has 1 aromatic heterocycles. The topological polar surface area (TPSA) is 72.5 Å². The van der Waals surface area contributed by atoms with E-state index >= 15 is 0 Å². The second-order valence-electron chi connectivity index (χ2n) is 7.22. The monoisotopic (exact) mass is 367 g/mol. The van der Waals surface area contributed by atoms with Crippen LogP contribution in [0.1, 0.15) is 18.1 Å². The summed E-state index contributed by atoms with van der Waals surface area (Å²) in [6.45, 7) is 6.22. The number of carbonyl (C=O) groups excluding carboxylic acids is 1. The van der Waals surface area contributed by atoms with E-state index in [0.29, 0.717) is 32.0 Å². The van der Waals surface area contributed by atoms with Crippen LogP contribution < -0.4 is 10.5 Å². The predicted molar refractivity (Wildman–Crippen MR) is 104 cm³/mol. The molecule has 2 aliphatic rings. The minimum Gasteiger partial charge on any atom is -0.348 e. The molecular weight excluding hydrogens is 342 g/mol. The van der Waals surface area contributed by atoms with E-state index in [4.69, 9.17) is 0 Å². The van der Waals surface area contributed by atoms with Crippen LogP contribution in [-0.2, 0) is 17.8 Å². The van der Waals surface area contributed by atoms with E-state index in [1.54, 1.807) is 6.20 Å². The zero-order valence-electron chi connectivity index (χ0n) is 15.6. The third-order valence-corrected chi connectivity index (χ3v) is 5.65. The molecule has 1 atom stereocenters. The van der Waals surface area contributed by atoms with Gasteiger partial charge >= 0.3 is 0 Å². The number of benzene rings is 1. The van der Waals surface area contributed by atoms with Crippen LogP contribution in [0.2, 0.25) is 0 Å². The Hall–Kier alpha value is -2.67. The number of carbonyl (C=O) groups is 1. The summed E-state index contributed by atoms with van der Waals surface area (Å²) in [5, 5.41) is 0. The molecule has 7 heteroatoms. The highest BCUT2D eigenvalue weighted by Crippen LogP contribution is 2.21. The van der Waals surface area contributed by atoms with Gasteiger partial charge in [-0.15, -0.1) is 0 Å². The standard InChI is InChI=1S/C20H25N5O2/c1-15(25-9-6-16-4-2-3-5-17(16)14-25)20(27)24-12-10-23(11-13-24)18-19(26)22-8-7-21-18/h2-5,7-8,15H,6,9-14H2,1H3,(H,22,26)/t15-/m1/s1. The van der Waals surface area contributed by atoms with E-state index < -0.39 is 0 Å². The smallest absolute Gasteiger partial charge is 0.290 e. The van der Waals surface area contributed by atoms with Gasteiger partial charge in [0.2, 0.25) is 5.91 Å². The lowest BCUT2D eigenvalue weighted by molar-refractivity contribution is -0.137. The summed E-state index contributed by atoms with van der Waals surface area (Å²) in [5.41, 5.74) is 2.53. The third kappa shape index (κ3) is 3.60. The van der Waals surface area contributed by atoms with Gasteiger partial charge in [-0.05, 0) is 24.5 Å². The van der Waals surface area contributed by atoms with Gasteiger partial charge in [-0.2, -0.15) is 0 Å². The molecule has 0 radical (unpaired) electrons. The summed E-state index contributed by atoms with van der Waals surface area (Å²) in [5.74, 6) is 0.606. The molecule has 0 unspecified atom stereocenters. The highest BCUT2D eigenvalue weighted by atomic mass is 16.2. The quantitative estimate of drug-likeness (QED) is 0.871. The lowest BCUT2D eigenvalue weighted by atomic mass is 9.98. The molecule has 142 valence electrons. The molecule has 4 rings (SSSR count). The highest BCUT2D eigenvalue weighted by Gasteiger charge is 2.30. The Morgan fingerprint density at radius 3 is 2.59 bits per heavy atom. The summed E-state index contributed by atoms with van der Waals surface area (Å²) in [7, 11) is 0. The number of anilines is 1. The van der Waals surface area contributed by atoms with Crippen LogP contribution in [0.4, 0.5) is 5.82 Å². The number of nitrogens with one attached hydrogen (secondary N) is 1.